The maximum atomic E-state index is 14.2. The van der Waals surface area contributed by atoms with Crippen LogP contribution in [0.4, 0.5) is 0 Å². The van der Waals surface area contributed by atoms with Crippen molar-refractivity contribution in [1.82, 2.24) is 9.80 Å². The molecule has 0 saturated carbocycles. The van der Waals surface area contributed by atoms with Crippen LogP contribution in [0.1, 0.15) is 59.8 Å². The largest absolute Gasteiger partial charge is 0.481 e. The van der Waals surface area contributed by atoms with Crippen LogP contribution in [0.5, 0.6) is 0 Å². The Morgan fingerprint density at radius 1 is 1.36 bits per heavy atom. The molecule has 1 spiro atoms. The molecule has 2 amide bonds. The van der Waals surface area contributed by atoms with E-state index in [0.29, 0.717) is 19.5 Å². The third kappa shape index (κ3) is 4.11. The number of nitrogens with zero attached hydrogens (tertiary/aromatic N) is 2. The fraction of sp³-hybridized carbons (Fsp3) is 0.800. The molecule has 3 rings (SSSR count). The van der Waals surface area contributed by atoms with Crippen molar-refractivity contribution >= 4 is 29.5 Å². The summed E-state index contributed by atoms with van der Waals surface area (Å²) in [6, 6.07) is -1.28. The van der Waals surface area contributed by atoms with Crippen molar-refractivity contribution in [2.24, 2.45) is 23.7 Å². The lowest BCUT2D eigenvalue weighted by molar-refractivity contribution is -0.150. The molecule has 0 radical (unpaired) electrons. The van der Waals surface area contributed by atoms with Gasteiger partial charge in [-0.25, -0.2) is 0 Å². The Morgan fingerprint density at radius 2 is 2.06 bits per heavy atom. The lowest BCUT2D eigenvalue weighted by atomic mass is 9.66. The summed E-state index contributed by atoms with van der Waals surface area (Å²) in [5, 5.41) is 20.2. The lowest BCUT2D eigenvalue weighted by Gasteiger charge is -2.43. The third-order valence-corrected chi connectivity index (χ3v) is 10.3. The minimum atomic E-state index is -0.956. The molecule has 0 aromatic heterocycles. The maximum absolute atomic E-state index is 14.2. The van der Waals surface area contributed by atoms with Gasteiger partial charge >= 0.3 is 5.97 Å². The van der Waals surface area contributed by atoms with Gasteiger partial charge in [-0.1, -0.05) is 53.0 Å². The molecule has 8 atom stereocenters. The maximum Gasteiger partial charge on any atom is 0.308 e. The van der Waals surface area contributed by atoms with E-state index >= 15 is 0 Å². The topological polar surface area (TPSA) is 98.2 Å². The van der Waals surface area contributed by atoms with Gasteiger partial charge in [-0.2, -0.15) is 0 Å². The monoisotopic (exact) mass is 480 g/mol. The fourth-order valence-electron chi connectivity index (χ4n) is 6.37. The van der Waals surface area contributed by atoms with Crippen molar-refractivity contribution in [3.05, 3.63) is 12.7 Å². The summed E-state index contributed by atoms with van der Waals surface area (Å²) >= 11 is 1.55. The molecule has 7 nitrogen and oxygen atoms in total. The van der Waals surface area contributed by atoms with Gasteiger partial charge < -0.3 is 20.0 Å². The smallest absolute Gasteiger partial charge is 0.308 e. The van der Waals surface area contributed by atoms with E-state index in [2.05, 4.69) is 20.4 Å². The first-order valence-electron chi connectivity index (χ1n) is 12.4. The van der Waals surface area contributed by atoms with Gasteiger partial charge in [-0.3, -0.25) is 14.4 Å². The van der Waals surface area contributed by atoms with Crippen LogP contribution in [0.3, 0.4) is 0 Å². The second-order valence-electron chi connectivity index (χ2n) is 10.1. The number of carbonyl (C=O) groups is 3. The molecule has 8 heteroatoms. The molecule has 3 heterocycles. The van der Waals surface area contributed by atoms with Crippen LogP contribution in [0, 0.1) is 23.7 Å². The standard InChI is InChI=1S/C25H40N2O5S/c1-6-9-10-12-26(11-7-2)23(30)21-25-16(5)13-18(33-25)19(24(31)32)20(25)22(29)27(21)17(14-28)15(4)8-3/h7,15-21,28H,2,6,8-14H2,1,3-5H3,(H,31,32)/t15-,16?,17-,18-,19+,20-,21?,25?/m0/s1. The van der Waals surface area contributed by atoms with Gasteiger partial charge in [-0.05, 0) is 24.7 Å². The van der Waals surface area contributed by atoms with Crippen LogP contribution in [0.15, 0.2) is 12.7 Å². The zero-order valence-electron chi connectivity index (χ0n) is 20.4. The number of carbonyl (C=O) groups excluding carboxylic acids is 2. The Morgan fingerprint density at radius 3 is 2.61 bits per heavy atom. The summed E-state index contributed by atoms with van der Waals surface area (Å²) in [6.45, 7) is 12.7. The minimum Gasteiger partial charge on any atom is -0.481 e. The SMILES string of the molecule is C=CCN(CCCCC)C(=O)C1N([C@@H](CO)[C@@H](C)CC)C(=O)[C@@H]2[C@H](C(=O)O)[C@@H]3CC(C)C12S3. The summed E-state index contributed by atoms with van der Waals surface area (Å²) < 4.78 is -0.771. The Kier molecular flexibility index (Phi) is 8.20. The number of fused-ring (bicyclic) bond motifs is 1. The van der Waals surface area contributed by atoms with E-state index in [-0.39, 0.29) is 35.5 Å². The Bertz CT molecular complexity index is 776. The number of aliphatic hydroxyl groups excluding tert-OH is 1. The van der Waals surface area contributed by atoms with Crippen molar-refractivity contribution in [2.45, 2.75) is 81.9 Å². The van der Waals surface area contributed by atoms with Crippen LogP contribution < -0.4 is 0 Å². The predicted molar refractivity (Wildman–Crippen MR) is 130 cm³/mol. The molecule has 186 valence electrons. The Hall–Kier alpha value is -1.54. The van der Waals surface area contributed by atoms with Crippen molar-refractivity contribution < 1.29 is 24.6 Å². The van der Waals surface area contributed by atoms with E-state index in [0.717, 1.165) is 25.7 Å². The van der Waals surface area contributed by atoms with Crippen LogP contribution in [0.25, 0.3) is 0 Å². The van der Waals surface area contributed by atoms with Gasteiger partial charge in [0.1, 0.15) is 6.04 Å². The van der Waals surface area contributed by atoms with E-state index < -0.39 is 34.6 Å². The molecule has 3 fully saturated rings. The van der Waals surface area contributed by atoms with Crippen molar-refractivity contribution in [2.75, 3.05) is 19.7 Å². The molecule has 2 bridgehead atoms. The van der Waals surface area contributed by atoms with Gasteiger partial charge in [-0.15, -0.1) is 18.3 Å². The number of hydrogen-bond acceptors (Lipinski definition) is 5. The Balaban J connectivity index is 2.11. The number of thioether (sulfide) groups is 1. The van der Waals surface area contributed by atoms with E-state index in [9.17, 15) is 24.6 Å². The average molecular weight is 481 g/mol. The number of carboxylic acids is 1. The normalized spacial score (nSPS) is 34.3. The van der Waals surface area contributed by atoms with Gasteiger partial charge in [0.2, 0.25) is 11.8 Å². The van der Waals surface area contributed by atoms with Crippen LogP contribution in [-0.2, 0) is 14.4 Å². The average Bonchev–Trinajstić information content (AvgIpc) is 3.37. The minimum absolute atomic E-state index is 0.0155. The second-order valence-corrected chi connectivity index (χ2v) is 11.6. The number of carboxylic acid groups (broad SMARTS) is 1. The molecule has 3 aliphatic heterocycles. The summed E-state index contributed by atoms with van der Waals surface area (Å²) in [4.78, 5) is 43.8. The summed E-state index contributed by atoms with van der Waals surface area (Å²) in [5.41, 5.74) is 0. The molecule has 0 aromatic carbocycles. The van der Waals surface area contributed by atoms with Gasteiger partial charge in [0.05, 0.1) is 29.2 Å². The van der Waals surface area contributed by atoms with E-state index in [1.807, 2.05) is 13.8 Å². The second kappa shape index (κ2) is 10.4. The summed E-state index contributed by atoms with van der Waals surface area (Å²) in [6.07, 6.45) is 6.04. The molecule has 3 saturated heterocycles. The number of likely N-dealkylation sites (tertiary alicyclic amines) is 1. The first-order chi connectivity index (χ1) is 15.7. The van der Waals surface area contributed by atoms with Crippen molar-refractivity contribution in [3.8, 4) is 0 Å². The molecule has 0 aromatic rings. The van der Waals surface area contributed by atoms with E-state index in [1.165, 1.54) is 0 Å². The van der Waals surface area contributed by atoms with E-state index in [1.54, 1.807) is 27.6 Å². The fourth-order valence-corrected chi connectivity index (χ4v) is 8.76. The number of amides is 2. The molecule has 2 N–H and O–H groups in total. The number of hydrogen-bond donors (Lipinski definition) is 2. The molecular weight excluding hydrogens is 440 g/mol. The van der Waals surface area contributed by atoms with Gasteiger partial charge in [0, 0.05) is 18.3 Å². The van der Waals surface area contributed by atoms with Crippen molar-refractivity contribution in [3.63, 3.8) is 0 Å². The van der Waals surface area contributed by atoms with Gasteiger partial charge in [0.25, 0.3) is 0 Å². The van der Waals surface area contributed by atoms with Crippen LogP contribution >= 0.6 is 11.8 Å². The number of unbranched alkanes of at least 4 members (excludes halogenated alkanes) is 2. The lowest BCUT2D eigenvalue weighted by Crippen LogP contribution is -2.60. The molecule has 3 unspecified atom stereocenters. The predicted octanol–water partition coefficient (Wildman–Crippen LogP) is 3.02. The third-order valence-electron chi connectivity index (χ3n) is 8.24. The zero-order valence-corrected chi connectivity index (χ0v) is 21.2. The number of aliphatic carboxylic acids is 1. The first-order valence-corrected chi connectivity index (χ1v) is 13.3. The zero-order chi connectivity index (χ0) is 24.5. The number of rotatable bonds is 12. The summed E-state index contributed by atoms with van der Waals surface area (Å²) in [7, 11) is 0. The quantitative estimate of drug-likeness (QED) is 0.329. The summed E-state index contributed by atoms with van der Waals surface area (Å²) in [5.74, 6) is -2.86. The van der Waals surface area contributed by atoms with E-state index in [4.69, 9.17) is 0 Å². The Labute approximate surface area is 202 Å². The molecule has 33 heavy (non-hydrogen) atoms. The molecule has 3 aliphatic rings. The molecule has 0 aliphatic carbocycles. The van der Waals surface area contributed by atoms with Crippen LogP contribution in [-0.4, -0.2) is 79.6 Å². The molecular formula is C25H40N2O5S. The number of aliphatic hydroxyl groups is 1. The van der Waals surface area contributed by atoms with Gasteiger partial charge in [0.15, 0.2) is 0 Å². The highest BCUT2D eigenvalue weighted by Gasteiger charge is 2.77. The first kappa shape index (κ1) is 26.1. The highest BCUT2D eigenvalue weighted by atomic mass is 32.2. The van der Waals surface area contributed by atoms with Crippen molar-refractivity contribution in [1.29, 1.82) is 0 Å². The highest BCUT2D eigenvalue weighted by molar-refractivity contribution is 8.02. The van der Waals surface area contributed by atoms with Crippen LogP contribution in [0.2, 0.25) is 0 Å². The highest BCUT2D eigenvalue weighted by Crippen LogP contribution is 2.69.